The number of ether oxygens (including phenoxy) is 1. The van der Waals surface area contributed by atoms with Gasteiger partial charge in [-0.1, -0.05) is 6.07 Å². The number of anilines is 2. The van der Waals surface area contributed by atoms with Gasteiger partial charge in [-0.05, 0) is 45.7 Å². The highest BCUT2D eigenvalue weighted by Gasteiger charge is 2.27. The largest absolute Gasteiger partial charge is 0.494 e. The lowest BCUT2D eigenvalue weighted by Gasteiger charge is -2.32. The molecule has 4 heterocycles. The Morgan fingerprint density at radius 3 is 2.77 bits per heavy atom. The number of hydrogen-bond acceptors (Lipinski definition) is 7. The average Bonchev–Trinajstić information content (AvgIpc) is 3.42. The normalized spacial score (nSPS) is 17.5. The van der Waals surface area contributed by atoms with E-state index < -0.39 is 0 Å². The van der Waals surface area contributed by atoms with Crippen LogP contribution in [0.1, 0.15) is 45.4 Å². The zero-order valence-corrected chi connectivity index (χ0v) is 18.4. The highest BCUT2D eigenvalue weighted by molar-refractivity contribution is 5.95. The summed E-state index contributed by atoms with van der Waals surface area (Å²) in [6, 6.07) is 5.79. The molecule has 0 saturated carbocycles. The number of nitrogens with zero attached hydrogens (tertiary/aromatic N) is 7. The van der Waals surface area contributed by atoms with Gasteiger partial charge in [0.1, 0.15) is 11.3 Å². The van der Waals surface area contributed by atoms with Crippen LogP contribution in [0.15, 0.2) is 30.6 Å². The second kappa shape index (κ2) is 7.11. The summed E-state index contributed by atoms with van der Waals surface area (Å²) in [6.07, 6.45) is 6.19. The Labute approximate surface area is 180 Å². The summed E-state index contributed by atoms with van der Waals surface area (Å²) in [7, 11) is 1.63. The highest BCUT2D eigenvalue weighted by Crippen LogP contribution is 2.32. The zero-order valence-electron chi connectivity index (χ0n) is 18.4. The number of hydrogen-bond donors (Lipinski definition) is 1. The van der Waals surface area contributed by atoms with Crippen LogP contribution in [0.3, 0.4) is 0 Å². The first-order valence-electron chi connectivity index (χ1n) is 10.6. The molecule has 0 spiro atoms. The lowest BCUT2D eigenvalue weighted by Crippen LogP contribution is -2.34. The van der Waals surface area contributed by atoms with Crippen LogP contribution in [-0.4, -0.2) is 49.6 Å². The van der Waals surface area contributed by atoms with Gasteiger partial charge >= 0.3 is 0 Å². The van der Waals surface area contributed by atoms with E-state index in [1.54, 1.807) is 11.6 Å². The van der Waals surface area contributed by atoms with Crippen molar-refractivity contribution in [1.82, 2.24) is 29.4 Å². The second-order valence-corrected chi connectivity index (χ2v) is 9.13. The van der Waals surface area contributed by atoms with E-state index in [9.17, 15) is 0 Å². The molecule has 2 N–H and O–H groups in total. The molecule has 1 aliphatic rings. The summed E-state index contributed by atoms with van der Waals surface area (Å²) in [5.41, 5.74) is 8.74. The Hall–Kier alpha value is -3.36. The Morgan fingerprint density at radius 1 is 1.19 bits per heavy atom. The molecule has 162 valence electrons. The molecule has 1 atom stereocenters. The lowest BCUT2D eigenvalue weighted by molar-refractivity contribution is 0.355. The number of aromatic nitrogens is 6. The summed E-state index contributed by atoms with van der Waals surface area (Å²) < 4.78 is 9.11. The first-order chi connectivity index (χ1) is 14.8. The van der Waals surface area contributed by atoms with Crippen LogP contribution in [0.2, 0.25) is 0 Å². The molecule has 1 saturated heterocycles. The van der Waals surface area contributed by atoms with E-state index >= 15 is 0 Å². The van der Waals surface area contributed by atoms with Crippen LogP contribution < -0.4 is 15.4 Å². The standard InChI is InChI=1S/C22H28N8O/c1-22(2,3)29-13-15(11-24-29)28-10-6-7-14(12-28)19-26-20-16-8-5-9-17(31-4)18(16)25-21(23)30(20)27-19/h5,8-9,11,13-14H,6-7,10,12H2,1-4H3,(H2,23,25)/t14-/m1/s1. The van der Waals surface area contributed by atoms with E-state index in [-0.39, 0.29) is 11.5 Å². The van der Waals surface area contributed by atoms with E-state index in [0.29, 0.717) is 22.9 Å². The van der Waals surface area contributed by atoms with Crippen molar-refractivity contribution < 1.29 is 4.74 Å². The fraction of sp³-hybridized carbons (Fsp3) is 0.455. The van der Waals surface area contributed by atoms with Gasteiger partial charge in [0.05, 0.1) is 24.5 Å². The van der Waals surface area contributed by atoms with Gasteiger partial charge in [0, 0.05) is 30.6 Å². The molecule has 1 aromatic carbocycles. The maximum absolute atomic E-state index is 6.22. The molecule has 1 fully saturated rings. The molecule has 0 bridgehead atoms. The van der Waals surface area contributed by atoms with Gasteiger partial charge in [-0.2, -0.15) is 9.61 Å². The van der Waals surface area contributed by atoms with Crippen LogP contribution in [0.25, 0.3) is 16.6 Å². The fourth-order valence-electron chi connectivity index (χ4n) is 4.25. The van der Waals surface area contributed by atoms with Crippen LogP contribution in [-0.2, 0) is 5.54 Å². The summed E-state index contributed by atoms with van der Waals surface area (Å²) in [4.78, 5) is 11.8. The van der Waals surface area contributed by atoms with Crippen LogP contribution in [0.4, 0.5) is 11.6 Å². The second-order valence-electron chi connectivity index (χ2n) is 9.13. The van der Waals surface area contributed by atoms with Gasteiger partial charge in [-0.3, -0.25) is 4.68 Å². The minimum atomic E-state index is -0.0385. The number of rotatable bonds is 3. The van der Waals surface area contributed by atoms with Gasteiger partial charge in [0.25, 0.3) is 0 Å². The maximum atomic E-state index is 6.22. The molecule has 4 aromatic rings. The smallest absolute Gasteiger partial charge is 0.223 e. The predicted molar refractivity (Wildman–Crippen MR) is 121 cm³/mol. The molecular weight excluding hydrogens is 392 g/mol. The van der Waals surface area contributed by atoms with Crippen molar-refractivity contribution in [2.75, 3.05) is 30.8 Å². The van der Waals surface area contributed by atoms with Gasteiger partial charge in [-0.15, -0.1) is 5.10 Å². The maximum Gasteiger partial charge on any atom is 0.223 e. The van der Waals surface area contributed by atoms with E-state index in [0.717, 1.165) is 42.8 Å². The van der Waals surface area contributed by atoms with Crippen LogP contribution in [0.5, 0.6) is 5.75 Å². The summed E-state index contributed by atoms with van der Waals surface area (Å²) in [5, 5.41) is 10.2. The molecule has 31 heavy (non-hydrogen) atoms. The van der Waals surface area contributed by atoms with Crippen molar-refractivity contribution in [3.05, 3.63) is 36.4 Å². The topological polar surface area (TPSA) is 99.4 Å². The van der Waals surface area contributed by atoms with Crippen molar-refractivity contribution in [3.63, 3.8) is 0 Å². The van der Waals surface area contributed by atoms with E-state index in [1.807, 2.05) is 29.1 Å². The fourth-order valence-corrected chi connectivity index (χ4v) is 4.25. The van der Waals surface area contributed by atoms with Gasteiger partial charge in [0.2, 0.25) is 5.95 Å². The number of methoxy groups -OCH3 is 1. The molecule has 0 unspecified atom stereocenters. The predicted octanol–water partition coefficient (Wildman–Crippen LogP) is 3.20. The molecule has 0 aliphatic carbocycles. The van der Waals surface area contributed by atoms with E-state index in [4.69, 9.17) is 20.6 Å². The van der Waals surface area contributed by atoms with Gasteiger partial charge in [-0.25, -0.2) is 9.97 Å². The molecule has 9 nitrogen and oxygen atoms in total. The Kier molecular flexibility index (Phi) is 4.49. The van der Waals surface area contributed by atoms with Crippen molar-refractivity contribution in [2.24, 2.45) is 0 Å². The van der Waals surface area contributed by atoms with E-state index in [2.05, 4.69) is 42.0 Å². The number of nitrogen functional groups attached to an aromatic ring is 1. The average molecular weight is 421 g/mol. The van der Waals surface area contributed by atoms with Gasteiger partial charge < -0.3 is 15.4 Å². The molecular formula is C22H28N8O. The first kappa shape index (κ1) is 19.6. The zero-order chi connectivity index (χ0) is 21.8. The number of piperidine rings is 1. The number of para-hydroxylation sites is 1. The first-order valence-corrected chi connectivity index (χ1v) is 10.6. The van der Waals surface area contributed by atoms with Gasteiger partial charge in [0.15, 0.2) is 11.5 Å². The Balaban J connectivity index is 1.50. The van der Waals surface area contributed by atoms with Crippen molar-refractivity contribution in [2.45, 2.75) is 45.1 Å². The SMILES string of the molecule is COc1cccc2c1nc(N)n1nc([C@@H]3CCCN(c4cnn(C(C)(C)C)c4)C3)nc21. The molecule has 0 radical (unpaired) electrons. The number of fused-ring (bicyclic) bond motifs is 3. The Morgan fingerprint density at radius 2 is 2.03 bits per heavy atom. The lowest BCUT2D eigenvalue weighted by atomic mass is 9.97. The number of benzene rings is 1. The van der Waals surface area contributed by atoms with Crippen LogP contribution >= 0.6 is 0 Å². The molecule has 1 aliphatic heterocycles. The molecule has 3 aromatic heterocycles. The molecule has 0 amide bonds. The van der Waals surface area contributed by atoms with Crippen molar-refractivity contribution in [3.8, 4) is 5.75 Å². The summed E-state index contributed by atoms with van der Waals surface area (Å²) in [6.45, 7) is 8.31. The van der Waals surface area contributed by atoms with Crippen molar-refractivity contribution in [1.29, 1.82) is 0 Å². The Bertz CT molecular complexity index is 1250. The third-order valence-corrected chi connectivity index (χ3v) is 5.93. The van der Waals surface area contributed by atoms with Crippen LogP contribution in [0, 0.1) is 0 Å². The third-order valence-electron chi connectivity index (χ3n) is 5.93. The number of nitrogens with two attached hydrogens (primary N) is 1. The minimum absolute atomic E-state index is 0.0385. The summed E-state index contributed by atoms with van der Waals surface area (Å²) in [5.74, 6) is 2.00. The minimum Gasteiger partial charge on any atom is -0.494 e. The molecule has 5 rings (SSSR count). The van der Waals surface area contributed by atoms with Crippen molar-refractivity contribution >= 4 is 28.2 Å². The van der Waals surface area contributed by atoms with E-state index in [1.165, 1.54) is 0 Å². The summed E-state index contributed by atoms with van der Waals surface area (Å²) >= 11 is 0. The highest BCUT2D eigenvalue weighted by atomic mass is 16.5. The monoisotopic (exact) mass is 420 g/mol. The molecule has 9 heteroatoms. The quantitative estimate of drug-likeness (QED) is 0.543. The third kappa shape index (κ3) is 3.34.